The van der Waals surface area contributed by atoms with Crippen LogP contribution < -0.4 is 9.47 Å². The van der Waals surface area contributed by atoms with E-state index >= 15 is 0 Å². The first-order valence-corrected chi connectivity index (χ1v) is 25.0. The van der Waals surface area contributed by atoms with Crippen LogP contribution in [0.4, 0.5) is 0 Å². The molecule has 0 aliphatic rings. The molecule has 0 bridgehead atoms. The van der Waals surface area contributed by atoms with Gasteiger partial charge in [0.2, 0.25) is 0 Å². The second kappa shape index (κ2) is 15.7. The molecule has 2 aromatic rings. The van der Waals surface area contributed by atoms with Crippen molar-refractivity contribution < 1.29 is 9.47 Å². The van der Waals surface area contributed by atoms with Crippen LogP contribution in [-0.4, -0.2) is 52.7 Å². The molecule has 142 valence electrons. The minimum absolute atomic E-state index is 0.856. The van der Waals surface area contributed by atoms with E-state index in [9.17, 15) is 0 Å². The summed E-state index contributed by atoms with van der Waals surface area (Å²) < 4.78 is 14.1. The molecule has 4 heteroatoms. The van der Waals surface area contributed by atoms with Gasteiger partial charge in [-0.05, 0) is 0 Å². The van der Waals surface area contributed by atoms with Crippen LogP contribution in [0.15, 0.2) is 60.7 Å². The van der Waals surface area contributed by atoms with E-state index in [0.717, 1.165) is 24.7 Å². The van der Waals surface area contributed by atoms with Crippen LogP contribution in [0.3, 0.4) is 0 Å². The Hall–Kier alpha value is -0.363. The number of benzene rings is 2. The van der Waals surface area contributed by atoms with Crippen LogP contribution in [0.2, 0.25) is 28.6 Å². The summed E-state index contributed by atoms with van der Waals surface area (Å²) in [4.78, 5) is 9.74. The van der Waals surface area contributed by atoms with Crippen molar-refractivity contribution in [3.63, 3.8) is 0 Å². The SMILES string of the molecule is [CH3][Sn]([CH3])[CH2]CCOc1ccccc1.[CH3][Sn]([CH3])[CH2]CCOc1ccccc1. The van der Waals surface area contributed by atoms with E-state index in [1.165, 1.54) is 21.7 Å². The molecule has 0 aliphatic carbocycles. The fourth-order valence-corrected chi connectivity index (χ4v) is 7.13. The number of rotatable bonds is 10. The van der Waals surface area contributed by atoms with Crippen LogP contribution in [-0.2, 0) is 0 Å². The van der Waals surface area contributed by atoms with Crippen molar-refractivity contribution in [1.29, 1.82) is 0 Å². The fraction of sp³-hybridized carbons (Fsp3) is 0.455. The van der Waals surface area contributed by atoms with Gasteiger partial charge in [-0.3, -0.25) is 0 Å². The van der Waals surface area contributed by atoms with Crippen molar-refractivity contribution >= 4 is 39.5 Å². The standard InChI is InChI=1S/2C9H11O.4CH3.2Sn/c2*1-2-8-10-9-6-4-3-5-7-9;;;;;;/h2*3-7H,1-2,8H2;4*1H3;;. The zero-order valence-corrected chi connectivity index (χ0v) is 22.5. The molecule has 2 aromatic carbocycles. The second-order valence-corrected chi connectivity index (χ2v) is 23.6. The Morgan fingerprint density at radius 2 is 0.923 bits per heavy atom. The van der Waals surface area contributed by atoms with Crippen LogP contribution in [0.5, 0.6) is 11.5 Å². The average molecular weight is 568 g/mol. The first-order chi connectivity index (χ1) is 12.6. The van der Waals surface area contributed by atoms with Crippen molar-refractivity contribution in [1.82, 2.24) is 0 Å². The molecule has 0 saturated heterocycles. The number of ether oxygens (including phenoxy) is 2. The van der Waals surface area contributed by atoms with Crippen LogP contribution in [0.25, 0.3) is 0 Å². The van der Waals surface area contributed by atoms with Crippen LogP contribution in [0, 0.1) is 0 Å². The van der Waals surface area contributed by atoms with Crippen LogP contribution >= 0.6 is 0 Å². The molecule has 26 heavy (non-hydrogen) atoms. The third-order valence-corrected chi connectivity index (χ3v) is 11.4. The average Bonchev–Trinajstić information content (AvgIpc) is 2.64. The molecular weight excluding hydrogens is 534 g/mol. The summed E-state index contributed by atoms with van der Waals surface area (Å²) in [5.74, 6) is 2.00. The van der Waals surface area contributed by atoms with Gasteiger partial charge in [0, 0.05) is 0 Å². The van der Waals surface area contributed by atoms with Crippen molar-refractivity contribution in [3.8, 4) is 11.5 Å². The molecule has 0 atom stereocenters. The minimum atomic E-state index is -0.856. The molecule has 0 saturated carbocycles. The van der Waals surface area contributed by atoms with Crippen molar-refractivity contribution in [3.05, 3.63) is 60.7 Å². The fourth-order valence-electron chi connectivity index (χ4n) is 2.26. The Morgan fingerprint density at radius 3 is 1.23 bits per heavy atom. The van der Waals surface area contributed by atoms with Gasteiger partial charge in [-0.25, -0.2) is 0 Å². The van der Waals surface area contributed by atoms with E-state index in [-0.39, 0.29) is 0 Å². The topological polar surface area (TPSA) is 18.5 Å². The third-order valence-electron chi connectivity index (χ3n) is 3.67. The molecular formula is C22H34O2Sn2. The quantitative estimate of drug-likeness (QED) is 0.244. The summed E-state index contributed by atoms with van der Waals surface area (Å²) >= 11 is -1.71. The Morgan fingerprint density at radius 1 is 0.577 bits per heavy atom. The van der Waals surface area contributed by atoms with E-state index in [1.54, 1.807) is 0 Å². The summed E-state index contributed by atoms with van der Waals surface area (Å²) in [5.41, 5.74) is 0. The zero-order valence-electron chi connectivity index (χ0n) is 16.8. The molecule has 0 spiro atoms. The van der Waals surface area contributed by atoms with E-state index in [1.807, 2.05) is 60.7 Å². The summed E-state index contributed by atoms with van der Waals surface area (Å²) in [7, 11) is 0. The molecule has 0 fully saturated rings. The zero-order chi connectivity index (χ0) is 19.0. The van der Waals surface area contributed by atoms with Gasteiger partial charge >= 0.3 is 176 Å². The molecule has 0 heterocycles. The van der Waals surface area contributed by atoms with E-state index in [0.29, 0.717) is 0 Å². The summed E-state index contributed by atoms with van der Waals surface area (Å²) in [6.45, 7) is 1.77. The van der Waals surface area contributed by atoms with Crippen molar-refractivity contribution in [2.45, 2.75) is 41.5 Å². The summed E-state index contributed by atoms with van der Waals surface area (Å²) in [5, 5.41) is 0. The molecule has 0 aliphatic heterocycles. The number of para-hydroxylation sites is 2. The maximum absolute atomic E-state index is 5.59. The summed E-state index contributed by atoms with van der Waals surface area (Å²) in [6, 6.07) is 20.1. The predicted octanol–water partition coefficient (Wildman–Crippen LogP) is 6.42. The molecule has 0 N–H and O–H groups in total. The monoisotopic (exact) mass is 570 g/mol. The van der Waals surface area contributed by atoms with Crippen LogP contribution in [0.1, 0.15) is 12.8 Å². The van der Waals surface area contributed by atoms with Crippen molar-refractivity contribution in [2.24, 2.45) is 0 Å². The first kappa shape index (κ1) is 23.7. The van der Waals surface area contributed by atoms with Gasteiger partial charge in [0.15, 0.2) is 0 Å². The molecule has 0 amide bonds. The van der Waals surface area contributed by atoms with Gasteiger partial charge in [-0.1, -0.05) is 0 Å². The molecule has 0 aromatic heterocycles. The summed E-state index contributed by atoms with van der Waals surface area (Å²) in [6.07, 6.45) is 2.47. The van der Waals surface area contributed by atoms with E-state index in [2.05, 4.69) is 19.8 Å². The van der Waals surface area contributed by atoms with Gasteiger partial charge in [-0.15, -0.1) is 0 Å². The molecule has 0 unspecified atom stereocenters. The molecule has 2 rings (SSSR count). The Balaban J connectivity index is 0.000000260. The van der Waals surface area contributed by atoms with Gasteiger partial charge < -0.3 is 0 Å². The number of hydrogen-bond donors (Lipinski definition) is 0. The van der Waals surface area contributed by atoms with E-state index in [4.69, 9.17) is 9.47 Å². The van der Waals surface area contributed by atoms with Gasteiger partial charge in [0.25, 0.3) is 0 Å². The maximum atomic E-state index is 5.59. The first-order valence-electron chi connectivity index (χ1n) is 9.51. The third kappa shape index (κ3) is 13.8. The molecule has 2 radical (unpaired) electrons. The van der Waals surface area contributed by atoms with E-state index < -0.39 is 39.5 Å². The van der Waals surface area contributed by atoms with Gasteiger partial charge in [0.05, 0.1) is 0 Å². The number of hydrogen-bond acceptors (Lipinski definition) is 2. The second-order valence-electron chi connectivity index (χ2n) is 6.94. The Kier molecular flexibility index (Phi) is 14.3. The normalized spacial score (nSPS) is 10.4. The Bertz CT molecular complexity index is 493. The molecule has 2 nitrogen and oxygen atoms in total. The Labute approximate surface area is 174 Å². The predicted molar refractivity (Wildman–Crippen MR) is 118 cm³/mol. The van der Waals surface area contributed by atoms with Gasteiger partial charge in [0.1, 0.15) is 0 Å². The van der Waals surface area contributed by atoms with Gasteiger partial charge in [-0.2, -0.15) is 0 Å². The van der Waals surface area contributed by atoms with Crippen molar-refractivity contribution in [2.75, 3.05) is 13.2 Å².